The number of benzene rings is 2. The number of ether oxygens (including phenoxy) is 1. The molecule has 1 aliphatic heterocycles. The third kappa shape index (κ3) is 4.83. The van der Waals surface area contributed by atoms with Crippen LogP contribution in [0.2, 0.25) is 25.7 Å². The van der Waals surface area contributed by atoms with Gasteiger partial charge in [-0.3, -0.25) is 0 Å². The van der Waals surface area contributed by atoms with Crippen molar-refractivity contribution in [3.05, 3.63) is 58.8 Å². The molecule has 3 aromatic rings. The molecule has 1 unspecified atom stereocenters. The van der Waals surface area contributed by atoms with E-state index in [0.29, 0.717) is 12.6 Å². The fourth-order valence-electron chi connectivity index (χ4n) is 5.30. The summed E-state index contributed by atoms with van der Waals surface area (Å²) in [6.07, 6.45) is 2.06. The van der Waals surface area contributed by atoms with Gasteiger partial charge in [0.25, 0.3) is 0 Å². The lowest BCUT2D eigenvalue weighted by Gasteiger charge is -2.32. The number of hydrogen-bond donors (Lipinski definition) is 0. The Balaban J connectivity index is 1.48. The number of hydrogen-bond acceptors (Lipinski definition) is 4. The summed E-state index contributed by atoms with van der Waals surface area (Å²) in [4.78, 5) is 0. The van der Waals surface area contributed by atoms with Crippen LogP contribution in [-0.2, 0) is 33.6 Å². The monoisotopic (exact) mass is 504 g/mol. The van der Waals surface area contributed by atoms with Crippen molar-refractivity contribution in [3.63, 3.8) is 0 Å². The van der Waals surface area contributed by atoms with Crippen molar-refractivity contribution in [1.29, 1.82) is 0 Å². The van der Waals surface area contributed by atoms with Gasteiger partial charge in [0.15, 0.2) is 0 Å². The standard InChI is InChI=1S/C29H41BN2O3Si/c1-20-10-9-11-21-16-22(17-24(20)21)27-25-18-23(30-34-28(2,3)29(4,5)35-30)12-13-26(25)32(31-27)19-33-14-15-36(6,7)8/h9-13,18,22H,14-17,19H2,1-8H3. The predicted molar refractivity (Wildman–Crippen MR) is 151 cm³/mol. The van der Waals surface area contributed by atoms with E-state index in [4.69, 9.17) is 19.1 Å². The summed E-state index contributed by atoms with van der Waals surface area (Å²) < 4.78 is 20.9. The molecular formula is C29H41BN2O3Si. The summed E-state index contributed by atoms with van der Waals surface area (Å²) >= 11 is 0. The second kappa shape index (κ2) is 9.12. The van der Waals surface area contributed by atoms with Crippen molar-refractivity contribution in [3.8, 4) is 0 Å². The number of aryl methyl sites for hydroxylation is 1. The van der Waals surface area contributed by atoms with Crippen LogP contribution in [0, 0.1) is 6.92 Å². The van der Waals surface area contributed by atoms with Crippen LogP contribution in [0.1, 0.15) is 56.0 Å². The highest BCUT2D eigenvalue weighted by molar-refractivity contribution is 6.76. The average Bonchev–Trinajstić information content (AvgIpc) is 3.43. The van der Waals surface area contributed by atoms with Crippen LogP contribution < -0.4 is 5.46 Å². The molecule has 2 aliphatic rings. The second-order valence-electron chi connectivity index (χ2n) is 12.9. The van der Waals surface area contributed by atoms with Gasteiger partial charge < -0.3 is 14.0 Å². The molecule has 0 radical (unpaired) electrons. The molecule has 0 saturated carbocycles. The zero-order valence-electron chi connectivity index (χ0n) is 23.3. The highest BCUT2D eigenvalue weighted by Gasteiger charge is 2.51. The first-order chi connectivity index (χ1) is 16.8. The number of rotatable bonds is 7. The quantitative estimate of drug-likeness (QED) is 0.300. The van der Waals surface area contributed by atoms with E-state index in [2.05, 4.69) is 95.3 Å². The molecule has 5 rings (SSSR count). The van der Waals surface area contributed by atoms with Crippen LogP contribution in [0.15, 0.2) is 36.4 Å². The molecule has 0 N–H and O–H groups in total. The molecule has 1 saturated heterocycles. The van der Waals surface area contributed by atoms with E-state index >= 15 is 0 Å². The molecule has 0 bridgehead atoms. The molecule has 1 fully saturated rings. The van der Waals surface area contributed by atoms with Gasteiger partial charge in [0.2, 0.25) is 0 Å². The Morgan fingerprint density at radius 1 is 1.06 bits per heavy atom. The first-order valence-corrected chi connectivity index (χ1v) is 17.1. The molecule has 0 amide bonds. The van der Waals surface area contributed by atoms with E-state index in [1.807, 2.05) is 0 Å². The summed E-state index contributed by atoms with van der Waals surface area (Å²) in [6.45, 7) is 19.0. The maximum absolute atomic E-state index is 6.38. The summed E-state index contributed by atoms with van der Waals surface area (Å²) in [7, 11) is -1.52. The maximum atomic E-state index is 6.38. The van der Waals surface area contributed by atoms with Gasteiger partial charge in [-0.1, -0.05) is 50.0 Å². The largest absolute Gasteiger partial charge is 0.494 e. The molecule has 1 aromatic heterocycles. The lowest BCUT2D eigenvalue weighted by Crippen LogP contribution is -2.41. The molecule has 0 spiro atoms. The van der Waals surface area contributed by atoms with Gasteiger partial charge >= 0.3 is 7.12 Å². The third-order valence-corrected chi connectivity index (χ3v) is 10.1. The first-order valence-electron chi connectivity index (χ1n) is 13.4. The Labute approximate surface area is 217 Å². The normalized spacial score (nSPS) is 20.9. The SMILES string of the molecule is Cc1cccc2c1CC(c1nn(COCC[Si](C)(C)C)c3ccc(B4OC(C)(C)C(C)(C)O4)cc13)C2. The van der Waals surface area contributed by atoms with Gasteiger partial charge in [-0.2, -0.15) is 5.10 Å². The van der Waals surface area contributed by atoms with Crippen molar-refractivity contribution in [2.75, 3.05) is 6.61 Å². The Hall–Kier alpha value is -1.93. The summed E-state index contributed by atoms with van der Waals surface area (Å²) in [6, 6.07) is 14.4. The molecule has 1 aliphatic carbocycles. The second-order valence-corrected chi connectivity index (χ2v) is 18.5. The van der Waals surface area contributed by atoms with Gasteiger partial charge in [0, 0.05) is 26.0 Å². The third-order valence-electron chi connectivity index (χ3n) is 8.35. The molecule has 5 nitrogen and oxygen atoms in total. The number of aromatic nitrogens is 2. The van der Waals surface area contributed by atoms with Gasteiger partial charge in [-0.25, -0.2) is 4.68 Å². The van der Waals surface area contributed by atoms with Gasteiger partial charge in [0.05, 0.1) is 22.4 Å². The molecule has 1 atom stereocenters. The lowest BCUT2D eigenvalue weighted by atomic mass is 9.78. The van der Waals surface area contributed by atoms with Crippen LogP contribution in [0.25, 0.3) is 10.9 Å². The van der Waals surface area contributed by atoms with Crippen molar-refractivity contribution < 1.29 is 14.0 Å². The molecule has 2 aromatic carbocycles. The summed E-state index contributed by atoms with van der Waals surface area (Å²) in [5.41, 5.74) is 6.91. The van der Waals surface area contributed by atoms with Crippen LogP contribution in [-0.4, -0.2) is 42.8 Å². The Morgan fingerprint density at radius 3 is 2.44 bits per heavy atom. The van der Waals surface area contributed by atoms with E-state index in [-0.39, 0.29) is 18.3 Å². The van der Waals surface area contributed by atoms with E-state index in [1.54, 1.807) is 0 Å². The Morgan fingerprint density at radius 2 is 1.78 bits per heavy atom. The topological polar surface area (TPSA) is 45.5 Å². The molecule has 2 heterocycles. The Kier molecular flexibility index (Phi) is 6.51. The van der Waals surface area contributed by atoms with E-state index in [0.717, 1.165) is 42.2 Å². The zero-order chi connectivity index (χ0) is 25.9. The smallest absolute Gasteiger partial charge is 0.399 e. The summed E-state index contributed by atoms with van der Waals surface area (Å²) in [5, 5.41) is 6.35. The highest BCUT2D eigenvalue weighted by Crippen LogP contribution is 2.39. The van der Waals surface area contributed by atoms with Crippen LogP contribution in [0.5, 0.6) is 0 Å². The molecule has 7 heteroatoms. The van der Waals surface area contributed by atoms with Gasteiger partial charge in [-0.05, 0) is 81.7 Å². The van der Waals surface area contributed by atoms with Crippen molar-refractivity contribution in [1.82, 2.24) is 9.78 Å². The van der Waals surface area contributed by atoms with Crippen LogP contribution in [0.4, 0.5) is 0 Å². The van der Waals surface area contributed by atoms with Crippen molar-refractivity contribution in [2.24, 2.45) is 0 Å². The minimum absolute atomic E-state index is 0.361. The first kappa shape index (κ1) is 25.7. The van der Waals surface area contributed by atoms with Crippen molar-refractivity contribution in [2.45, 2.75) is 97.0 Å². The van der Waals surface area contributed by atoms with Crippen molar-refractivity contribution >= 4 is 31.6 Å². The predicted octanol–water partition coefficient (Wildman–Crippen LogP) is 5.84. The molecular weight excluding hydrogens is 463 g/mol. The fourth-order valence-corrected chi connectivity index (χ4v) is 6.06. The van der Waals surface area contributed by atoms with E-state index in [1.165, 1.54) is 22.1 Å². The Bertz CT molecular complexity index is 1260. The molecule has 36 heavy (non-hydrogen) atoms. The minimum atomic E-state index is -1.14. The maximum Gasteiger partial charge on any atom is 0.494 e. The average molecular weight is 505 g/mol. The van der Waals surface area contributed by atoms with Crippen LogP contribution in [0.3, 0.4) is 0 Å². The molecule has 192 valence electrons. The van der Waals surface area contributed by atoms with Crippen LogP contribution >= 0.6 is 0 Å². The van der Waals surface area contributed by atoms with E-state index < -0.39 is 8.07 Å². The number of nitrogens with zero attached hydrogens (tertiary/aromatic N) is 2. The lowest BCUT2D eigenvalue weighted by molar-refractivity contribution is 0.00578. The minimum Gasteiger partial charge on any atom is -0.399 e. The fraction of sp³-hybridized carbons (Fsp3) is 0.552. The number of fused-ring (bicyclic) bond motifs is 2. The van der Waals surface area contributed by atoms with Gasteiger partial charge in [0.1, 0.15) is 6.73 Å². The van der Waals surface area contributed by atoms with E-state index in [9.17, 15) is 0 Å². The summed E-state index contributed by atoms with van der Waals surface area (Å²) in [5.74, 6) is 0.361. The van der Waals surface area contributed by atoms with Gasteiger partial charge in [-0.15, -0.1) is 0 Å². The highest BCUT2D eigenvalue weighted by atomic mass is 28.3. The zero-order valence-corrected chi connectivity index (χ0v) is 24.3.